The SMILES string of the molecule is CCO[P@@](C)(=O)C(C)(C)SCCN(C(C)C)C(C)C. The Balaban J connectivity index is 4.43. The van der Waals surface area contributed by atoms with E-state index in [1.807, 2.05) is 20.8 Å². The van der Waals surface area contributed by atoms with Gasteiger partial charge in [-0.1, -0.05) is 0 Å². The third-order valence-corrected chi connectivity index (χ3v) is 8.67. The molecule has 0 aliphatic heterocycles. The molecule has 0 heterocycles. The summed E-state index contributed by atoms with van der Waals surface area (Å²) in [7, 11) is -2.56. The lowest BCUT2D eigenvalue weighted by atomic mass is 10.2. The third kappa shape index (κ3) is 6.20. The van der Waals surface area contributed by atoms with Gasteiger partial charge < -0.3 is 4.52 Å². The molecule has 0 saturated heterocycles. The van der Waals surface area contributed by atoms with Crippen molar-refractivity contribution >= 4 is 19.1 Å². The molecule has 0 rings (SSSR count). The Hall–Kier alpha value is 0.500. The monoisotopic (exact) mass is 309 g/mol. The van der Waals surface area contributed by atoms with Crippen LogP contribution in [0.5, 0.6) is 0 Å². The van der Waals surface area contributed by atoms with Gasteiger partial charge in [0.25, 0.3) is 0 Å². The first-order valence-corrected chi connectivity index (χ1v) is 10.2. The van der Waals surface area contributed by atoms with Crippen LogP contribution in [0.4, 0.5) is 0 Å². The second-order valence-corrected chi connectivity index (χ2v) is 11.1. The predicted octanol–water partition coefficient (Wildman–Crippen LogP) is 4.52. The summed E-state index contributed by atoms with van der Waals surface area (Å²) in [5.41, 5.74) is 0. The smallest absolute Gasteiger partial charge is 0.215 e. The van der Waals surface area contributed by atoms with E-state index < -0.39 is 7.37 Å². The molecule has 0 N–H and O–H groups in total. The Morgan fingerprint density at radius 3 is 2.05 bits per heavy atom. The van der Waals surface area contributed by atoms with Crippen molar-refractivity contribution in [2.75, 3.05) is 25.6 Å². The van der Waals surface area contributed by atoms with Gasteiger partial charge in [0.2, 0.25) is 7.37 Å². The Bertz CT molecular complexity index is 298. The van der Waals surface area contributed by atoms with Gasteiger partial charge in [-0.05, 0) is 48.5 Å². The highest BCUT2D eigenvalue weighted by molar-refractivity contribution is 8.06. The zero-order valence-electron chi connectivity index (χ0n) is 13.9. The van der Waals surface area contributed by atoms with Crippen molar-refractivity contribution in [3.63, 3.8) is 0 Å². The molecule has 0 aliphatic carbocycles. The maximum absolute atomic E-state index is 12.5. The number of hydrogen-bond donors (Lipinski definition) is 0. The molecule has 0 unspecified atom stereocenters. The lowest BCUT2D eigenvalue weighted by Gasteiger charge is -2.34. The molecule has 0 aromatic carbocycles. The lowest BCUT2D eigenvalue weighted by molar-refractivity contribution is 0.187. The van der Waals surface area contributed by atoms with E-state index >= 15 is 0 Å². The Morgan fingerprint density at radius 2 is 1.68 bits per heavy atom. The van der Waals surface area contributed by atoms with Gasteiger partial charge in [-0.25, -0.2) is 0 Å². The average molecular weight is 309 g/mol. The molecule has 116 valence electrons. The third-order valence-electron chi connectivity index (χ3n) is 3.48. The van der Waals surface area contributed by atoms with Crippen molar-refractivity contribution in [2.45, 2.75) is 65.0 Å². The highest BCUT2D eigenvalue weighted by Crippen LogP contribution is 2.60. The summed E-state index contributed by atoms with van der Waals surface area (Å²) in [6, 6.07) is 1.09. The molecule has 3 nitrogen and oxygen atoms in total. The Labute approximate surface area is 124 Å². The fourth-order valence-electron chi connectivity index (χ4n) is 2.03. The van der Waals surface area contributed by atoms with E-state index in [1.54, 1.807) is 18.4 Å². The van der Waals surface area contributed by atoms with E-state index in [2.05, 4.69) is 32.6 Å². The minimum atomic E-state index is -2.56. The first-order chi connectivity index (χ1) is 8.55. The molecule has 0 fully saturated rings. The van der Waals surface area contributed by atoms with E-state index in [4.69, 9.17) is 4.52 Å². The van der Waals surface area contributed by atoms with E-state index in [-0.39, 0.29) is 4.49 Å². The van der Waals surface area contributed by atoms with Crippen molar-refractivity contribution in [1.82, 2.24) is 4.90 Å². The van der Waals surface area contributed by atoms with Crippen LogP contribution in [0, 0.1) is 0 Å². The maximum atomic E-state index is 12.5. The van der Waals surface area contributed by atoms with Gasteiger partial charge in [-0.15, -0.1) is 11.8 Å². The molecule has 0 bridgehead atoms. The minimum absolute atomic E-state index is 0.317. The lowest BCUT2D eigenvalue weighted by Crippen LogP contribution is -2.39. The number of rotatable bonds is 9. The summed E-state index contributed by atoms with van der Waals surface area (Å²) in [6.07, 6.45) is 0. The molecule has 0 aromatic rings. The van der Waals surface area contributed by atoms with Gasteiger partial charge in [-0.2, -0.15) is 0 Å². The summed E-state index contributed by atoms with van der Waals surface area (Å²) in [4.78, 5) is 2.46. The van der Waals surface area contributed by atoms with Crippen molar-refractivity contribution in [3.05, 3.63) is 0 Å². The summed E-state index contributed by atoms with van der Waals surface area (Å²) in [5.74, 6) is 0.980. The van der Waals surface area contributed by atoms with Crippen LogP contribution >= 0.6 is 19.1 Å². The zero-order valence-corrected chi connectivity index (χ0v) is 15.6. The first kappa shape index (κ1) is 19.5. The largest absolute Gasteiger partial charge is 0.328 e. The second-order valence-electron chi connectivity index (χ2n) is 5.98. The molecule has 0 aliphatic rings. The van der Waals surface area contributed by atoms with Crippen LogP contribution in [0.2, 0.25) is 0 Å². The summed E-state index contributed by atoms with van der Waals surface area (Å²) in [6.45, 7) is 18.1. The van der Waals surface area contributed by atoms with E-state index in [1.165, 1.54) is 0 Å². The summed E-state index contributed by atoms with van der Waals surface area (Å²) >= 11 is 1.76. The summed E-state index contributed by atoms with van der Waals surface area (Å²) in [5, 5.41) is 0. The summed E-state index contributed by atoms with van der Waals surface area (Å²) < 4.78 is 17.7. The van der Waals surface area contributed by atoms with E-state index in [0.717, 1.165) is 12.3 Å². The molecule has 0 saturated carbocycles. The predicted molar refractivity (Wildman–Crippen MR) is 88.7 cm³/mol. The molecular formula is C14H32NO2PS. The van der Waals surface area contributed by atoms with Crippen LogP contribution in [-0.2, 0) is 9.09 Å². The van der Waals surface area contributed by atoms with Crippen LogP contribution in [-0.4, -0.2) is 47.0 Å². The second kappa shape index (κ2) is 8.07. The van der Waals surface area contributed by atoms with Gasteiger partial charge in [0.15, 0.2) is 0 Å². The van der Waals surface area contributed by atoms with E-state index in [9.17, 15) is 4.57 Å². The fraction of sp³-hybridized carbons (Fsp3) is 1.00. The molecule has 19 heavy (non-hydrogen) atoms. The molecule has 5 heteroatoms. The van der Waals surface area contributed by atoms with Crippen molar-refractivity contribution in [3.8, 4) is 0 Å². The van der Waals surface area contributed by atoms with Crippen molar-refractivity contribution in [1.29, 1.82) is 0 Å². The van der Waals surface area contributed by atoms with E-state index in [0.29, 0.717) is 18.7 Å². The van der Waals surface area contributed by atoms with Crippen LogP contribution < -0.4 is 0 Å². The van der Waals surface area contributed by atoms with Gasteiger partial charge in [0.1, 0.15) is 0 Å². The molecule has 0 radical (unpaired) electrons. The first-order valence-electron chi connectivity index (χ1n) is 7.17. The number of nitrogens with zero attached hydrogens (tertiary/aromatic N) is 1. The molecular weight excluding hydrogens is 277 g/mol. The Morgan fingerprint density at radius 1 is 1.21 bits per heavy atom. The topological polar surface area (TPSA) is 29.5 Å². The Kier molecular flexibility index (Phi) is 8.28. The number of hydrogen-bond acceptors (Lipinski definition) is 4. The standard InChI is InChI=1S/C14H32NO2PS/c1-9-17-18(8,16)14(6,7)19-11-10-15(12(2)3)13(4)5/h12-13H,9-11H2,1-8H3/t18-/m1/s1. The number of thioether (sulfide) groups is 1. The molecule has 0 amide bonds. The van der Waals surface area contributed by atoms with Crippen molar-refractivity contribution in [2.24, 2.45) is 0 Å². The van der Waals surface area contributed by atoms with Gasteiger partial charge >= 0.3 is 0 Å². The molecule has 0 spiro atoms. The zero-order chi connectivity index (χ0) is 15.3. The van der Waals surface area contributed by atoms with Gasteiger partial charge in [0, 0.05) is 31.0 Å². The fourth-order valence-corrected chi connectivity index (χ4v) is 5.01. The van der Waals surface area contributed by atoms with Crippen LogP contribution in [0.25, 0.3) is 0 Å². The normalized spacial score (nSPS) is 16.4. The van der Waals surface area contributed by atoms with Gasteiger partial charge in [-0.3, -0.25) is 9.46 Å². The van der Waals surface area contributed by atoms with Crippen molar-refractivity contribution < 1.29 is 9.09 Å². The molecule has 1 atom stereocenters. The average Bonchev–Trinajstić information content (AvgIpc) is 2.22. The quantitative estimate of drug-likeness (QED) is 0.586. The van der Waals surface area contributed by atoms with Crippen LogP contribution in [0.1, 0.15) is 48.5 Å². The molecule has 0 aromatic heterocycles. The highest BCUT2D eigenvalue weighted by atomic mass is 32.2. The maximum Gasteiger partial charge on any atom is 0.215 e. The van der Waals surface area contributed by atoms with Crippen LogP contribution in [0.3, 0.4) is 0 Å². The minimum Gasteiger partial charge on any atom is -0.328 e. The highest BCUT2D eigenvalue weighted by Gasteiger charge is 2.37. The van der Waals surface area contributed by atoms with Gasteiger partial charge in [0.05, 0.1) is 11.1 Å². The van der Waals surface area contributed by atoms with Crippen LogP contribution in [0.15, 0.2) is 0 Å².